The van der Waals surface area contributed by atoms with Crippen molar-refractivity contribution in [1.29, 1.82) is 0 Å². The lowest BCUT2D eigenvalue weighted by molar-refractivity contribution is -0.125. The van der Waals surface area contributed by atoms with E-state index in [1.54, 1.807) is 12.1 Å². The Labute approximate surface area is 173 Å². The van der Waals surface area contributed by atoms with Gasteiger partial charge < -0.3 is 0 Å². The van der Waals surface area contributed by atoms with Gasteiger partial charge in [-0.25, -0.2) is 8.42 Å². The van der Waals surface area contributed by atoms with Gasteiger partial charge in [-0.2, -0.15) is 0 Å². The van der Waals surface area contributed by atoms with Gasteiger partial charge in [-0.1, -0.05) is 86.6 Å². The van der Waals surface area contributed by atoms with Crippen molar-refractivity contribution in [3.63, 3.8) is 0 Å². The Hall–Kier alpha value is -2.72. The Morgan fingerprint density at radius 1 is 0.759 bits per heavy atom. The van der Waals surface area contributed by atoms with Crippen molar-refractivity contribution in [3.8, 4) is 11.1 Å². The van der Waals surface area contributed by atoms with Gasteiger partial charge in [0.1, 0.15) is 5.78 Å². The van der Waals surface area contributed by atoms with E-state index < -0.39 is 15.8 Å². The highest BCUT2D eigenvalue weighted by Crippen LogP contribution is 2.24. The first-order chi connectivity index (χ1) is 13.9. The average Bonchev–Trinajstić information content (AvgIpc) is 2.74. The number of carbonyl (C=O) groups excluding carboxylic acids is 1. The van der Waals surface area contributed by atoms with E-state index in [-0.39, 0.29) is 22.3 Å². The Morgan fingerprint density at radius 2 is 1.28 bits per heavy atom. The van der Waals surface area contributed by atoms with Crippen LogP contribution in [-0.2, 0) is 21.1 Å². The lowest BCUT2D eigenvalue weighted by atomic mass is 9.91. The van der Waals surface area contributed by atoms with Crippen LogP contribution in [0.15, 0.2) is 89.8 Å². The van der Waals surface area contributed by atoms with Crippen LogP contribution in [0.5, 0.6) is 0 Å². The Morgan fingerprint density at radius 3 is 1.83 bits per heavy atom. The van der Waals surface area contributed by atoms with Gasteiger partial charge in [0.25, 0.3) is 0 Å². The molecule has 1 atom stereocenters. The molecule has 0 fully saturated rings. The van der Waals surface area contributed by atoms with E-state index >= 15 is 0 Å². The molecule has 0 N–H and O–H groups in total. The summed E-state index contributed by atoms with van der Waals surface area (Å²) in [6.45, 7) is 3.64. The zero-order chi connectivity index (χ0) is 20.9. The van der Waals surface area contributed by atoms with Crippen LogP contribution in [-0.4, -0.2) is 20.0 Å². The van der Waals surface area contributed by atoms with Crippen LogP contribution >= 0.6 is 0 Å². The molecule has 3 nitrogen and oxygen atoms in total. The van der Waals surface area contributed by atoms with Crippen molar-refractivity contribution in [2.24, 2.45) is 11.8 Å². The Bertz CT molecular complexity index is 1040. The van der Waals surface area contributed by atoms with Crippen LogP contribution in [0.1, 0.15) is 19.4 Å². The number of benzene rings is 3. The predicted molar refractivity (Wildman–Crippen MR) is 117 cm³/mol. The lowest BCUT2D eigenvalue weighted by Crippen LogP contribution is -2.29. The molecule has 0 amide bonds. The van der Waals surface area contributed by atoms with Crippen LogP contribution in [0.4, 0.5) is 0 Å². The second-order valence-electron chi connectivity index (χ2n) is 7.62. The second-order valence-corrected chi connectivity index (χ2v) is 9.65. The zero-order valence-electron chi connectivity index (χ0n) is 16.8. The average molecular weight is 407 g/mol. The summed E-state index contributed by atoms with van der Waals surface area (Å²) >= 11 is 0. The van der Waals surface area contributed by atoms with Crippen LogP contribution < -0.4 is 0 Å². The van der Waals surface area contributed by atoms with E-state index in [1.807, 2.05) is 86.6 Å². The molecular formula is C25H26O3S. The highest BCUT2D eigenvalue weighted by Gasteiger charge is 2.28. The molecule has 0 spiro atoms. The molecule has 0 aliphatic rings. The highest BCUT2D eigenvalue weighted by molar-refractivity contribution is 7.91. The van der Waals surface area contributed by atoms with E-state index in [2.05, 4.69) is 0 Å². The van der Waals surface area contributed by atoms with E-state index in [0.717, 1.165) is 16.7 Å². The van der Waals surface area contributed by atoms with Gasteiger partial charge in [0.15, 0.2) is 9.84 Å². The minimum absolute atomic E-state index is 0.0154. The molecule has 0 heterocycles. The quantitative estimate of drug-likeness (QED) is 0.516. The van der Waals surface area contributed by atoms with Gasteiger partial charge in [0.05, 0.1) is 10.6 Å². The van der Waals surface area contributed by atoms with Crippen LogP contribution in [0.2, 0.25) is 0 Å². The molecule has 0 saturated heterocycles. The standard InChI is InChI=1S/C25H26O3S/c1-19(2)25(26)23(17-20-9-5-3-6-10-20)18-29(27,28)24-15-13-22(14-16-24)21-11-7-4-8-12-21/h3-16,19,23H,17-18H2,1-2H3. The summed E-state index contributed by atoms with van der Waals surface area (Å²) in [6, 6.07) is 26.3. The third kappa shape index (κ3) is 5.42. The number of rotatable bonds is 8. The van der Waals surface area contributed by atoms with Crippen LogP contribution in [0.3, 0.4) is 0 Å². The molecule has 1 unspecified atom stereocenters. The maximum Gasteiger partial charge on any atom is 0.179 e. The minimum Gasteiger partial charge on any atom is -0.299 e. The van der Waals surface area contributed by atoms with Gasteiger partial charge in [0, 0.05) is 11.8 Å². The molecule has 0 bridgehead atoms. The first-order valence-electron chi connectivity index (χ1n) is 9.83. The fourth-order valence-electron chi connectivity index (χ4n) is 3.46. The van der Waals surface area contributed by atoms with Gasteiger partial charge >= 0.3 is 0 Å². The second kappa shape index (κ2) is 9.19. The van der Waals surface area contributed by atoms with Crippen molar-refractivity contribution in [2.75, 3.05) is 5.75 Å². The fraction of sp³-hybridized carbons (Fsp3) is 0.240. The van der Waals surface area contributed by atoms with E-state index in [9.17, 15) is 13.2 Å². The number of carbonyl (C=O) groups is 1. The molecule has 29 heavy (non-hydrogen) atoms. The number of Topliss-reactive ketones (excluding diaryl/α,β-unsaturated/α-hetero) is 1. The topological polar surface area (TPSA) is 51.2 Å². The summed E-state index contributed by atoms with van der Waals surface area (Å²) < 4.78 is 26.1. The Kier molecular flexibility index (Phi) is 6.65. The number of hydrogen-bond acceptors (Lipinski definition) is 3. The molecule has 0 radical (unpaired) electrons. The first-order valence-corrected chi connectivity index (χ1v) is 11.5. The van der Waals surface area contributed by atoms with E-state index in [4.69, 9.17) is 0 Å². The SMILES string of the molecule is CC(C)C(=O)C(Cc1ccccc1)CS(=O)(=O)c1ccc(-c2ccccc2)cc1. The summed E-state index contributed by atoms with van der Waals surface area (Å²) in [5, 5.41) is 0. The molecule has 0 aliphatic carbocycles. The smallest absolute Gasteiger partial charge is 0.179 e. The fourth-order valence-corrected chi connectivity index (χ4v) is 5.01. The molecule has 4 heteroatoms. The van der Waals surface area contributed by atoms with Crippen molar-refractivity contribution in [3.05, 3.63) is 90.5 Å². The van der Waals surface area contributed by atoms with Crippen LogP contribution in [0.25, 0.3) is 11.1 Å². The molecule has 0 saturated carbocycles. The van der Waals surface area contributed by atoms with Gasteiger partial charge in [-0.05, 0) is 35.2 Å². The van der Waals surface area contributed by atoms with Crippen LogP contribution in [0, 0.1) is 11.8 Å². The molecule has 0 aliphatic heterocycles. The van der Waals surface area contributed by atoms with Gasteiger partial charge in [0.2, 0.25) is 0 Å². The minimum atomic E-state index is -3.58. The van der Waals surface area contributed by atoms with Gasteiger partial charge in [-0.3, -0.25) is 4.79 Å². The number of sulfone groups is 1. The Balaban J connectivity index is 1.83. The van der Waals surface area contributed by atoms with Crippen molar-refractivity contribution >= 4 is 15.6 Å². The maximum absolute atomic E-state index is 13.1. The molecule has 0 aromatic heterocycles. The summed E-state index contributed by atoms with van der Waals surface area (Å²) in [7, 11) is -3.58. The number of ketones is 1. The highest BCUT2D eigenvalue weighted by atomic mass is 32.2. The molecule has 3 aromatic carbocycles. The normalized spacial score (nSPS) is 12.7. The van der Waals surface area contributed by atoms with E-state index in [1.165, 1.54) is 0 Å². The maximum atomic E-state index is 13.1. The van der Waals surface area contributed by atoms with Crippen molar-refractivity contribution < 1.29 is 13.2 Å². The predicted octanol–water partition coefficient (Wildman–Crippen LogP) is 5.21. The monoisotopic (exact) mass is 406 g/mol. The van der Waals surface area contributed by atoms with Crippen molar-refractivity contribution in [2.45, 2.75) is 25.2 Å². The summed E-state index contributed by atoms with van der Waals surface area (Å²) in [5.74, 6) is -0.960. The third-order valence-electron chi connectivity index (χ3n) is 5.04. The molecule has 3 aromatic rings. The molecule has 3 rings (SSSR count). The van der Waals surface area contributed by atoms with Gasteiger partial charge in [-0.15, -0.1) is 0 Å². The zero-order valence-corrected chi connectivity index (χ0v) is 17.6. The number of hydrogen-bond donors (Lipinski definition) is 0. The molecular weight excluding hydrogens is 380 g/mol. The lowest BCUT2D eigenvalue weighted by Gasteiger charge is -2.18. The molecule has 150 valence electrons. The largest absolute Gasteiger partial charge is 0.299 e. The third-order valence-corrected chi connectivity index (χ3v) is 6.87. The summed E-state index contributed by atoms with van der Waals surface area (Å²) in [6.07, 6.45) is 0.430. The summed E-state index contributed by atoms with van der Waals surface area (Å²) in [4.78, 5) is 13.0. The van der Waals surface area contributed by atoms with Crippen molar-refractivity contribution in [1.82, 2.24) is 0 Å². The first kappa shape index (κ1) is 21.0. The summed E-state index contributed by atoms with van der Waals surface area (Å²) in [5.41, 5.74) is 2.97. The van der Waals surface area contributed by atoms with E-state index in [0.29, 0.717) is 6.42 Å².